The second-order valence-electron chi connectivity index (χ2n) is 5.13. The molecule has 1 atom stereocenters. The fourth-order valence-electron chi connectivity index (χ4n) is 2.56. The van der Waals surface area contributed by atoms with Gasteiger partial charge in [-0.25, -0.2) is 4.39 Å². The van der Waals surface area contributed by atoms with Gasteiger partial charge in [-0.15, -0.1) is 0 Å². The Bertz CT molecular complexity index is 556. The van der Waals surface area contributed by atoms with Crippen LogP contribution in [-0.4, -0.2) is 6.54 Å². The predicted molar refractivity (Wildman–Crippen MR) is 87.2 cm³/mol. The Morgan fingerprint density at radius 2 is 1.86 bits per heavy atom. The van der Waals surface area contributed by atoms with Crippen LogP contribution in [-0.2, 0) is 6.42 Å². The van der Waals surface area contributed by atoms with Gasteiger partial charge in [0.25, 0.3) is 0 Å². The molecule has 1 unspecified atom stereocenters. The van der Waals surface area contributed by atoms with Crippen molar-refractivity contribution in [1.82, 2.24) is 5.32 Å². The van der Waals surface area contributed by atoms with Crippen molar-refractivity contribution in [2.24, 2.45) is 0 Å². The lowest BCUT2D eigenvalue weighted by Crippen LogP contribution is -2.20. The molecule has 0 aliphatic carbocycles. The van der Waals surface area contributed by atoms with E-state index in [1.54, 1.807) is 6.07 Å². The fraction of sp³-hybridized carbons (Fsp3) is 0.333. The monoisotopic (exact) mass is 305 g/mol. The van der Waals surface area contributed by atoms with Crippen molar-refractivity contribution in [1.29, 1.82) is 0 Å². The normalized spacial score (nSPS) is 12.3. The molecule has 0 bridgehead atoms. The number of aryl methyl sites for hydroxylation is 1. The van der Waals surface area contributed by atoms with E-state index in [9.17, 15) is 4.39 Å². The number of rotatable bonds is 7. The Morgan fingerprint density at radius 1 is 1.10 bits per heavy atom. The molecule has 0 saturated heterocycles. The van der Waals surface area contributed by atoms with E-state index < -0.39 is 0 Å². The number of benzene rings is 2. The Kier molecular flexibility index (Phi) is 6.21. The maximum atomic E-state index is 13.4. The lowest BCUT2D eigenvalue weighted by Gasteiger charge is -2.18. The molecule has 0 spiro atoms. The summed E-state index contributed by atoms with van der Waals surface area (Å²) in [5.74, 6) is -0.333. The number of halogens is 2. The lowest BCUT2D eigenvalue weighted by molar-refractivity contribution is 0.497. The quantitative estimate of drug-likeness (QED) is 0.745. The third-order valence-electron chi connectivity index (χ3n) is 3.62. The van der Waals surface area contributed by atoms with Gasteiger partial charge >= 0.3 is 0 Å². The van der Waals surface area contributed by atoms with Gasteiger partial charge in [0.1, 0.15) is 5.82 Å². The van der Waals surface area contributed by atoms with E-state index in [2.05, 4.69) is 36.5 Å². The number of hydrogen-bond donors (Lipinski definition) is 1. The van der Waals surface area contributed by atoms with Crippen molar-refractivity contribution >= 4 is 11.6 Å². The highest BCUT2D eigenvalue weighted by molar-refractivity contribution is 6.31. The van der Waals surface area contributed by atoms with E-state index in [0.717, 1.165) is 31.4 Å². The fourth-order valence-corrected chi connectivity index (χ4v) is 2.78. The molecule has 0 fully saturated rings. The van der Waals surface area contributed by atoms with Gasteiger partial charge in [0.2, 0.25) is 0 Å². The maximum absolute atomic E-state index is 13.4. The highest BCUT2D eigenvalue weighted by Crippen LogP contribution is 2.24. The Balaban J connectivity index is 1.95. The molecule has 0 amide bonds. The minimum atomic E-state index is -0.333. The van der Waals surface area contributed by atoms with Crippen molar-refractivity contribution in [3.8, 4) is 0 Å². The average molecular weight is 306 g/mol. The summed E-state index contributed by atoms with van der Waals surface area (Å²) in [6, 6.07) is 15.8. The first-order valence-corrected chi connectivity index (χ1v) is 7.81. The van der Waals surface area contributed by atoms with Gasteiger partial charge in [-0.05, 0) is 43.0 Å². The minimum absolute atomic E-state index is 0.261. The van der Waals surface area contributed by atoms with Crippen LogP contribution in [0.3, 0.4) is 0 Å². The van der Waals surface area contributed by atoms with Crippen molar-refractivity contribution in [3.63, 3.8) is 0 Å². The van der Waals surface area contributed by atoms with Crippen LogP contribution in [0.4, 0.5) is 4.39 Å². The van der Waals surface area contributed by atoms with Gasteiger partial charge in [-0.3, -0.25) is 0 Å². The summed E-state index contributed by atoms with van der Waals surface area (Å²) in [6.07, 6.45) is 2.77. The predicted octanol–water partition coefficient (Wildman–Crippen LogP) is 5.15. The SMILES string of the molecule is CCNC(CCCc1cccc(F)c1Cl)c1ccccc1. The summed E-state index contributed by atoms with van der Waals surface area (Å²) >= 11 is 6.00. The zero-order chi connectivity index (χ0) is 15.1. The summed E-state index contributed by atoms with van der Waals surface area (Å²) in [6.45, 7) is 3.04. The molecule has 2 rings (SSSR count). The van der Waals surface area contributed by atoms with Crippen LogP contribution in [0.1, 0.15) is 36.9 Å². The third-order valence-corrected chi connectivity index (χ3v) is 4.05. The van der Waals surface area contributed by atoms with E-state index in [-0.39, 0.29) is 10.8 Å². The highest BCUT2D eigenvalue weighted by Gasteiger charge is 2.11. The Labute approximate surface area is 131 Å². The molecule has 0 radical (unpaired) electrons. The molecule has 0 aliphatic heterocycles. The minimum Gasteiger partial charge on any atom is -0.310 e. The first-order valence-electron chi connectivity index (χ1n) is 7.43. The lowest BCUT2D eigenvalue weighted by atomic mass is 9.99. The zero-order valence-electron chi connectivity index (χ0n) is 12.3. The van der Waals surface area contributed by atoms with E-state index in [1.165, 1.54) is 11.6 Å². The van der Waals surface area contributed by atoms with Gasteiger partial charge in [-0.2, -0.15) is 0 Å². The van der Waals surface area contributed by atoms with E-state index >= 15 is 0 Å². The first-order chi connectivity index (χ1) is 10.2. The van der Waals surface area contributed by atoms with Gasteiger partial charge < -0.3 is 5.32 Å². The second-order valence-corrected chi connectivity index (χ2v) is 5.50. The topological polar surface area (TPSA) is 12.0 Å². The second kappa shape index (κ2) is 8.16. The van der Waals surface area contributed by atoms with Gasteiger partial charge in [0.15, 0.2) is 0 Å². The summed E-state index contributed by atoms with van der Waals surface area (Å²) in [5, 5.41) is 3.77. The maximum Gasteiger partial charge on any atom is 0.142 e. The molecule has 3 heteroatoms. The van der Waals surface area contributed by atoms with Crippen LogP contribution in [0.15, 0.2) is 48.5 Å². The van der Waals surface area contributed by atoms with E-state index in [1.807, 2.05) is 12.1 Å². The molecule has 21 heavy (non-hydrogen) atoms. The molecular formula is C18H21ClFN. The van der Waals surface area contributed by atoms with Crippen molar-refractivity contribution in [2.75, 3.05) is 6.54 Å². The van der Waals surface area contributed by atoms with Crippen molar-refractivity contribution in [3.05, 3.63) is 70.5 Å². The molecule has 1 nitrogen and oxygen atoms in total. The van der Waals surface area contributed by atoms with Crippen LogP contribution in [0.5, 0.6) is 0 Å². The van der Waals surface area contributed by atoms with Gasteiger partial charge in [-0.1, -0.05) is 61.0 Å². The number of hydrogen-bond acceptors (Lipinski definition) is 1. The van der Waals surface area contributed by atoms with Crippen LogP contribution < -0.4 is 5.32 Å². The zero-order valence-corrected chi connectivity index (χ0v) is 13.0. The van der Waals surface area contributed by atoms with Crippen LogP contribution in [0, 0.1) is 5.82 Å². The van der Waals surface area contributed by atoms with E-state index in [4.69, 9.17) is 11.6 Å². The molecule has 0 aliphatic rings. The molecule has 1 N–H and O–H groups in total. The highest BCUT2D eigenvalue weighted by atomic mass is 35.5. The van der Waals surface area contributed by atoms with Crippen molar-refractivity contribution < 1.29 is 4.39 Å². The first kappa shape index (κ1) is 16.0. The average Bonchev–Trinajstić information content (AvgIpc) is 2.51. The van der Waals surface area contributed by atoms with E-state index in [0.29, 0.717) is 6.04 Å². The Morgan fingerprint density at radius 3 is 2.57 bits per heavy atom. The van der Waals surface area contributed by atoms with Crippen LogP contribution in [0.2, 0.25) is 5.02 Å². The summed E-state index contributed by atoms with van der Waals surface area (Å²) in [5.41, 5.74) is 2.18. The molecule has 0 heterocycles. The largest absolute Gasteiger partial charge is 0.310 e. The molecular weight excluding hydrogens is 285 g/mol. The molecule has 0 aromatic heterocycles. The molecule has 2 aromatic carbocycles. The third kappa shape index (κ3) is 4.55. The molecule has 2 aromatic rings. The molecule has 0 saturated carbocycles. The van der Waals surface area contributed by atoms with Crippen molar-refractivity contribution in [2.45, 2.75) is 32.2 Å². The summed E-state index contributed by atoms with van der Waals surface area (Å²) in [4.78, 5) is 0. The van der Waals surface area contributed by atoms with Crippen LogP contribution >= 0.6 is 11.6 Å². The Hall–Kier alpha value is -1.38. The standard InChI is InChI=1S/C18H21ClFN/c1-2-21-17(14-8-4-3-5-9-14)13-7-11-15-10-6-12-16(20)18(15)19/h3-6,8-10,12,17,21H,2,7,11,13H2,1H3. The summed E-state index contributed by atoms with van der Waals surface area (Å²) < 4.78 is 13.4. The smallest absolute Gasteiger partial charge is 0.142 e. The number of nitrogens with one attached hydrogen (secondary N) is 1. The van der Waals surface area contributed by atoms with Gasteiger partial charge in [0.05, 0.1) is 5.02 Å². The summed E-state index contributed by atoms with van der Waals surface area (Å²) in [7, 11) is 0. The molecule has 112 valence electrons. The van der Waals surface area contributed by atoms with Gasteiger partial charge in [0, 0.05) is 6.04 Å². The van der Waals surface area contributed by atoms with Crippen LogP contribution in [0.25, 0.3) is 0 Å².